The maximum atomic E-state index is 9.11. The second-order valence-electron chi connectivity index (χ2n) is 2.08. The van der Waals surface area contributed by atoms with E-state index in [-0.39, 0.29) is 0 Å². The van der Waals surface area contributed by atoms with Crippen LogP contribution in [0.3, 0.4) is 0 Å². The van der Waals surface area contributed by atoms with Gasteiger partial charge in [-0.2, -0.15) is 0 Å². The Hall–Kier alpha value is -0.200. The molecule has 11 heavy (non-hydrogen) atoms. The average molecular weight is 166 g/mol. The van der Waals surface area contributed by atoms with Crippen molar-refractivity contribution in [3.05, 3.63) is 0 Å². The van der Waals surface area contributed by atoms with Crippen molar-refractivity contribution in [3.8, 4) is 0 Å². The van der Waals surface area contributed by atoms with Crippen LogP contribution in [0.2, 0.25) is 0 Å². The molecule has 0 saturated carbocycles. The molecule has 0 saturated heterocycles. The SMILES string of the molecule is COC(CO)(OC)C(O)CO. The van der Waals surface area contributed by atoms with Gasteiger partial charge in [0.25, 0.3) is 0 Å². The van der Waals surface area contributed by atoms with Gasteiger partial charge in [-0.3, -0.25) is 0 Å². The third kappa shape index (κ3) is 2.11. The molecular weight excluding hydrogens is 152 g/mol. The highest BCUT2D eigenvalue weighted by Gasteiger charge is 2.37. The lowest BCUT2D eigenvalue weighted by atomic mass is 10.1. The Morgan fingerprint density at radius 3 is 1.82 bits per heavy atom. The van der Waals surface area contributed by atoms with E-state index in [1.807, 2.05) is 0 Å². The van der Waals surface area contributed by atoms with Crippen LogP contribution in [-0.2, 0) is 9.47 Å². The summed E-state index contributed by atoms with van der Waals surface area (Å²) >= 11 is 0. The first-order chi connectivity index (χ1) is 5.16. The van der Waals surface area contributed by atoms with Crippen LogP contribution in [0.15, 0.2) is 0 Å². The topological polar surface area (TPSA) is 79.2 Å². The summed E-state index contributed by atoms with van der Waals surface area (Å²) in [6, 6.07) is 0. The summed E-state index contributed by atoms with van der Waals surface area (Å²) in [6.45, 7) is -1.04. The van der Waals surface area contributed by atoms with Crippen LogP contribution in [-0.4, -0.2) is 54.6 Å². The van der Waals surface area contributed by atoms with E-state index in [2.05, 4.69) is 0 Å². The largest absolute Gasteiger partial charge is 0.393 e. The molecule has 0 radical (unpaired) electrons. The summed E-state index contributed by atoms with van der Waals surface area (Å²) in [5.74, 6) is -1.51. The van der Waals surface area contributed by atoms with Gasteiger partial charge in [-0.15, -0.1) is 0 Å². The van der Waals surface area contributed by atoms with Crippen LogP contribution in [0.25, 0.3) is 0 Å². The van der Waals surface area contributed by atoms with Crippen LogP contribution in [0.1, 0.15) is 0 Å². The molecule has 0 spiro atoms. The fourth-order valence-corrected chi connectivity index (χ4v) is 0.729. The van der Waals surface area contributed by atoms with Gasteiger partial charge in [-0.25, -0.2) is 0 Å². The third-order valence-electron chi connectivity index (χ3n) is 1.59. The Balaban J connectivity index is 4.26. The highest BCUT2D eigenvalue weighted by atomic mass is 16.7. The van der Waals surface area contributed by atoms with Crippen molar-refractivity contribution < 1.29 is 24.8 Å². The van der Waals surface area contributed by atoms with Crippen molar-refractivity contribution in [1.29, 1.82) is 0 Å². The molecule has 0 aromatic rings. The Labute approximate surface area is 65.2 Å². The van der Waals surface area contributed by atoms with Gasteiger partial charge in [-0.05, 0) is 0 Å². The van der Waals surface area contributed by atoms with Crippen molar-refractivity contribution in [3.63, 3.8) is 0 Å². The molecule has 0 bridgehead atoms. The van der Waals surface area contributed by atoms with Gasteiger partial charge in [0, 0.05) is 14.2 Å². The molecule has 0 rings (SSSR count). The predicted octanol–water partition coefficient (Wildman–Crippen LogP) is -1.68. The molecular formula is C6H14O5. The van der Waals surface area contributed by atoms with E-state index in [9.17, 15) is 0 Å². The monoisotopic (exact) mass is 166 g/mol. The number of aliphatic hydroxyl groups excluding tert-OH is 3. The number of aliphatic hydroxyl groups is 3. The quantitative estimate of drug-likeness (QED) is 0.425. The lowest BCUT2D eigenvalue weighted by Gasteiger charge is -2.32. The summed E-state index contributed by atoms with van der Waals surface area (Å²) in [7, 11) is 2.55. The zero-order valence-corrected chi connectivity index (χ0v) is 6.65. The fourth-order valence-electron chi connectivity index (χ4n) is 0.729. The smallest absolute Gasteiger partial charge is 0.220 e. The van der Waals surface area contributed by atoms with E-state index in [4.69, 9.17) is 24.8 Å². The zero-order chi connectivity index (χ0) is 8.91. The fraction of sp³-hybridized carbons (Fsp3) is 1.00. The molecule has 0 aliphatic rings. The van der Waals surface area contributed by atoms with E-state index < -0.39 is 25.1 Å². The molecule has 5 heteroatoms. The van der Waals surface area contributed by atoms with Gasteiger partial charge in [0.15, 0.2) is 0 Å². The minimum Gasteiger partial charge on any atom is -0.393 e. The molecule has 0 fully saturated rings. The van der Waals surface area contributed by atoms with Crippen LogP contribution < -0.4 is 0 Å². The first-order valence-corrected chi connectivity index (χ1v) is 3.17. The van der Waals surface area contributed by atoms with E-state index >= 15 is 0 Å². The molecule has 5 nitrogen and oxygen atoms in total. The molecule has 68 valence electrons. The van der Waals surface area contributed by atoms with Gasteiger partial charge in [0.2, 0.25) is 5.79 Å². The molecule has 0 aromatic carbocycles. The maximum absolute atomic E-state index is 9.11. The summed E-state index contributed by atoms with van der Waals surface area (Å²) in [5, 5.41) is 26.4. The van der Waals surface area contributed by atoms with Crippen molar-refractivity contribution in [2.24, 2.45) is 0 Å². The maximum Gasteiger partial charge on any atom is 0.220 e. The summed E-state index contributed by atoms with van der Waals surface area (Å²) < 4.78 is 9.41. The van der Waals surface area contributed by atoms with Gasteiger partial charge in [0.1, 0.15) is 6.10 Å². The van der Waals surface area contributed by atoms with Gasteiger partial charge >= 0.3 is 0 Å². The van der Waals surface area contributed by atoms with Gasteiger partial charge in [0.05, 0.1) is 13.2 Å². The number of ether oxygens (including phenoxy) is 2. The van der Waals surface area contributed by atoms with E-state index in [0.717, 1.165) is 0 Å². The van der Waals surface area contributed by atoms with Crippen molar-refractivity contribution >= 4 is 0 Å². The van der Waals surface area contributed by atoms with Crippen LogP contribution >= 0.6 is 0 Å². The summed E-state index contributed by atoms with van der Waals surface area (Å²) in [4.78, 5) is 0. The van der Waals surface area contributed by atoms with E-state index in [1.54, 1.807) is 0 Å². The lowest BCUT2D eigenvalue weighted by Crippen LogP contribution is -2.51. The molecule has 0 amide bonds. The Kier molecular flexibility index (Phi) is 4.55. The number of rotatable bonds is 5. The van der Waals surface area contributed by atoms with Crippen molar-refractivity contribution in [2.75, 3.05) is 27.4 Å². The predicted molar refractivity (Wildman–Crippen MR) is 36.9 cm³/mol. The van der Waals surface area contributed by atoms with E-state index in [0.29, 0.717) is 0 Å². The normalized spacial score (nSPS) is 15.0. The number of hydrogen-bond donors (Lipinski definition) is 3. The number of methoxy groups -OCH3 is 2. The first kappa shape index (κ1) is 10.8. The lowest BCUT2D eigenvalue weighted by molar-refractivity contribution is -0.280. The van der Waals surface area contributed by atoms with Crippen molar-refractivity contribution in [1.82, 2.24) is 0 Å². The minimum absolute atomic E-state index is 0.512. The van der Waals surface area contributed by atoms with E-state index in [1.165, 1.54) is 14.2 Å². The molecule has 3 N–H and O–H groups in total. The first-order valence-electron chi connectivity index (χ1n) is 3.17. The highest BCUT2D eigenvalue weighted by molar-refractivity contribution is 4.76. The Morgan fingerprint density at radius 2 is 1.73 bits per heavy atom. The van der Waals surface area contributed by atoms with Crippen LogP contribution in [0.5, 0.6) is 0 Å². The van der Waals surface area contributed by atoms with Crippen LogP contribution in [0.4, 0.5) is 0 Å². The van der Waals surface area contributed by atoms with Gasteiger partial charge < -0.3 is 24.8 Å². The van der Waals surface area contributed by atoms with Crippen LogP contribution in [0, 0.1) is 0 Å². The van der Waals surface area contributed by atoms with Crippen molar-refractivity contribution in [2.45, 2.75) is 11.9 Å². The second-order valence-corrected chi connectivity index (χ2v) is 2.08. The molecule has 1 atom stereocenters. The summed E-state index contributed by atoms with van der Waals surface area (Å²) in [5.41, 5.74) is 0. The second kappa shape index (κ2) is 4.63. The average Bonchev–Trinajstić information content (AvgIpc) is 2.08. The highest BCUT2D eigenvalue weighted by Crippen LogP contribution is 2.15. The summed E-state index contributed by atoms with van der Waals surface area (Å²) in [6.07, 6.45) is -1.25. The molecule has 1 unspecified atom stereocenters. The molecule has 0 aliphatic heterocycles. The molecule has 0 heterocycles. The third-order valence-corrected chi connectivity index (χ3v) is 1.59. The number of hydrogen-bond acceptors (Lipinski definition) is 5. The van der Waals surface area contributed by atoms with Gasteiger partial charge in [-0.1, -0.05) is 0 Å². The Bertz CT molecular complexity index is 92.9. The standard InChI is InChI=1S/C6H14O5/c1-10-6(4-8,11-2)5(9)3-7/h5,7-9H,3-4H2,1-2H3. The molecule has 0 aliphatic carbocycles. The minimum atomic E-state index is -1.51. The Morgan fingerprint density at radius 1 is 1.27 bits per heavy atom. The zero-order valence-electron chi connectivity index (χ0n) is 6.65. The molecule has 0 aromatic heterocycles.